The van der Waals surface area contributed by atoms with Gasteiger partial charge in [-0.3, -0.25) is 0 Å². The number of aliphatic hydroxyl groups excluding tert-OH is 1. The minimum Gasteiger partial charge on any atom is -0.395 e. The van der Waals surface area contributed by atoms with E-state index in [1.165, 1.54) is 16.7 Å². The van der Waals surface area contributed by atoms with Crippen molar-refractivity contribution in [2.75, 3.05) is 6.61 Å². The van der Waals surface area contributed by atoms with Crippen molar-refractivity contribution in [1.29, 1.82) is 0 Å². The summed E-state index contributed by atoms with van der Waals surface area (Å²) >= 11 is 0. The summed E-state index contributed by atoms with van der Waals surface area (Å²) in [7, 11) is 0. The highest BCUT2D eigenvalue weighted by Crippen LogP contribution is 2.06. The maximum absolute atomic E-state index is 9.46. The third-order valence-electron chi connectivity index (χ3n) is 3.22. The number of aryl methyl sites for hydroxylation is 1. The molecule has 2 nitrogen and oxygen atoms in total. The lowest BCUT2D eigenvalue weighted by atomic mass is 10.1. The van der Waals surface area contributed by atoms with E-state index < -0.39 is 0 Å². The molecular weight excluding hydrogens is 234 g/mol. The van der Waals surface area contributed by atoms with Gasteiger partial charge < -0.3 is 10.4 Å². The summed E-state index contributed by atoms with van der Waals surface area (Å²) in [5.41, 5.74) is 3.77. The van der Waals surface area contributed by atoms with Gasteiger partial charge in [-0.2, -0.15) is 0 Å². The fourth-order valence-electron chi connectivity index (χ4n) is 2.18. The van der Waals surface area contributed by atoms with Crippen molar-refractivity contribution in [2.45, 2.75) is 25.9 Å². The molecule has 0 aliphatic carbocycles. The van der Waals surface area contributed by atoms with E-state index in [2.05, 4.69) is 48.6 Å². The zero-order chi connectivity index (χ0) is 13.5. The van der Waals surface area contributed by atoms with E-state index in [4.69, 9.17) is 0 Å². The highest BCUT2D eigenvalue weighted by Gasteiger charge is 2.07. The molecule has 2 aromatic rings. The maximum Gasteiger partial charge on any atom is 0.0587 e. The Morgan fingerprint density at radius 1 is 1.00 bits per heavy atom. The van der Waals surface area contributed by atoms with Crippen LogP contribution in [-0.2, 0) is 13.0 Å². The molecule has 2 rings (SSSR count). The van der Waals surface area contributed by atoms with Crippen molar-refractivity contribution in [1.82, 2.24) is 5.32 Å². The fraction of sp³-hybridized carbons (Fsp3) is 0.294. The van der Waals surface area contributed by atoms with Crippen molar-refractivity contribution in [3.05, 3.63) is 71.3 Å². The van der Waals surface area contributed by atoms with E-state index in [0.717, 1.165) is 13.0 Å². The Kier molecular flexibility index (Phi) is 5.13. The largest absolute Gasteiger partial charge is 0.395 e. The summed E-state index contributed by atoms with van der Waals surface area (Å²) in [5.74, 6) is 0. The van der Waals surface area contributed by atoms with Gasteiger partial charge in [-0.1, -0.05) is 60.2 Å². The van der Waals surface area contributed by atoms with E-state index in [1.54, 1.807) is 0 Å². The summed E-state index contributed by atoms with van der Waals surface area (Å²) < 4.78 is 0. The molecule has 0 saturated carbocycles. The van der Waals surface area contributed by atoms with Crippen molar-refractivity contribution in [3.63, 3.8) is 0 Å². The van der Waals surface area contributed by atoms with Gasteiger partial charge >= 0.3 is 0 Å². The predicted molar refractivity (Wildman–Crippen MR) is 79.0 cm³/mol. The quantitative estimate of drug-likeness (QED) is 0.832. The van der Waals surface area contributed by atoms with Gasteiger partial charge in [0, 0.05) is 12.6 Å². The smallest absolute Gasteiger partial charge is 0.0587 e. The van der Waals surface area contributed by atoms with Gasteiger partial charge in [-0.15, -0.1) is 0 Å². The lowest BCUT2D eigenvalue weighted by Crippen LogP contribution is -2.34. The number of aliphatic hydroxyl groups is 1. The maximum atomic E-state index is 9.46. The standard InChI is InChI=1S/C17H21NO/c1-14-6-5-9-16(10-14)12-18-17(13-19)11-15-7-3-2-4-8-15/h2-10,17-19H,11-13H2,1H3/t17-/m1/s1. The number of hydrogen-bond acceptors (Lipinski definition) is 2. The van der Waals surface area contributed by atoms with Gasteiger partial charge in [0.05, 0.1) is 6.61 Å². The Labute approximate surface area is 115 Å². The minimum atomic E-state index is 0.0999. The molecule has 19 heavy (non-hydrogen) atoms. The Morgan fingerprint density at radius 3 is 2.42 bits per heavy atom. The van der Waals surface area contributed by atoms with E-state index in [-0.39, 0.29) is 12.6 Å². The van der Waals surface area contributed by atoms with Gasteiger partial charge in [0.1, 0.15) is 0 Å². The summed E-state index contributed by atoms with van der Waals surface area (Å²) in [6.07, 6.45) is 0.850. The summed E-state index contributed by atoms with van der Waals surface area (Å²) in [4.78, 5) is 0. The van der Waals surface area contributed by atoms with Crippen molar-refractivity contribution in [3.8, 4) is 0 Å². The van der Waals surface area contributed by atoms with Crippen LogP contribution in [-0.4, -0.2) is 17.8 Å². The zero-order valence-electron chi connectivity index (χ0n) is 11.3. The second kappa shape index (κ2) is 7.07. The zero-order valence-corrected chi connectivity index (χ0v) is 11.3. The molecule has 0 bridgehead atoms. The Morgan fingerprint density at radius 2 is 1.74 bits per heavy atom. The topological polar surface area (TPSA) is 32.3 Å². The fourth-order valence-corrected chi connectivity index (χ4v) is 2.18. The Bertz CT molecular complexity index is 496. The van der Waals surface area contributed by atoms with Gasteiger partial charge in [0.2, 0.25) is 0 Å². The number of benzene rings is 2. The molecule has 0 saturated heterocycles. The molecule has 0 spiro atoms. The monoisotopic (exact) mass is 255 g/mol. The van der Waals surface area contributed by atoms with Crippen LogP contribution in [0.15, 0.2) is 54.6 Å². The molecular formula is C17H21NO. The first kappa shape index (κ1) is 13.8. The number of hydrogen-bond donors (Lipinski definition) is 2. The second-order valence-corrected chi connectivity index (χ2v) is 4.94. The molecule has 0 heterocycles. The van der Waals surface area contributed by atoms with Crippen LogP contribution in [0.2, 0.25) is 0 Å². The average Bonchev–Trinajstić information content (AvgIpc) is 2.44. The first-order valence-electron chi connectivity index (χ1n) is 6.71. The molecule has 0 aromatic heterocycles. The van der Waals surface area contributed by atoms with Crippen LogP contribution in [0.3, 0.4) is 0 Å². The molecule has 1 atom stereocenters. The number of nitrogens with one attached hydrogen (secondary N) is 1. The van der Waals surface area contributed by atoms with Crippen molar-refractivity contribution >= 4 is 0 Å². The SMILES string of the molecule is Cc1cccc(CN[C@@H](CO)Cc2ccccc2)c1. The Balaban J connectivity index is 1.89. The lowest BCUT2D eigenvalue weighted by Gasteiger charge is -2.16. The predicted octanol–water partition coefficient (Wildman–Crippen LogP) is 2.69. The molecule has 0 aliphatic rings. The molecule has 0 radical (unpaired) electrons. The lowest BCUT2D eigenvalue weighted by molar-refractivity contribution is 0.241. The molecule has 0 fully saturated rings. The van der Waals surface area contributed by atoms with Crippen LogP contribution in [0, 0.1) is 6.92 Å². The van der Waals surface area contributed by atoms with Crippen LogP contribution in [0.5, 0.6) is 0 Å². The van der Waals surface area contributed by atoms with Gasteiger partial charge in [0.25, 0.3) is 0 Å². The van der Waals surface area contributed by atoms with Gasteiger partial charge in [-0.05, 0) is 24.5 Å². The van der Waals surface area contributed by atoms with E-state index >= 15 is 0 Å². The van der Waals surface area contributed by atoms with E-state index in [0.29, 0.717) is 0 Å². The molecule has 0 amide bonds. The normalized spacial score (nSPS) is 12.3. The second-order valence-electron chi connectivity index (χ2n) is 4.94. The molecule has 0 aliphatic heterocycles. The average molecular weight is 255 g/mol. The van der Waals surface area contributed by atoms with Crippen LogP contribution >= 0.6 is 0 Å². The van der Waals surface area contributed by atoms with Gasteiger partial charge in [-0.25, -0.2) is 0 Å². The van der Waals surface area contributed by atoms with Gasteiger partial charge in [0.15, 0.2) is 0 Å². The summed E-state index contributed by atoms with van der Waals surface area (Å²) in [5, 5.41) is 12.9. The highest BCUT2D eigenvalue weighted by atomic mass is 16.3. The molecule has 2 heteroatoms. The number of rotatable bonds is 6. The summed E-state index contributed by atoms with van der Waals surface area (Å²) in [6.45, 7) is 3.04. The van der Waals surface area contributed by atoms with E-state index in [9.17, 15) is 5.11 Å². The molecule has 0 unspecified atom stereocenters. The van der Waals surface area contributed by atoms with E-state index in [1.807, 2.05) is 18.2 Å². The third kappa shape index (κ3) is 4.51. The molecule has 2 aromatic carbocycles. The highest BCUT2D eigenvalue weighted by molar-refractivity contribution is 5.22. The van der Waals surface area contributed by atoms with Crippen molar-refractivity contribution < 1.29 is 5.11 Å². The first-order valence-corrected chi connectivity index (χ1v) is 6.71. The molecule has 100 valence electrons. The third-order valence-corrected chi connectivity index (χ3v) is 3.22. The van der Waals surface area contributed by atoms with Crippen molar-refractivity contribution in [2.24, 2.45) is 0 Å². The Hall–Kier alpha value is -1.64. The van der Waals surface area contributed by atoms with Crippen LogP contribution in [0.4, 0.5) is 0 Å². The van der Waals surface area contributed by atoms with Crippen LogP contribution < -0.4 is 5.32 Å². The minimum absolute atomic E-state index is 0.0999. The molecule has 2 N–H and O–H groups in total. The summed E-state index contributed by atoms with van der Waals surface area (Å²) in [6, 6.07) is 18.8. The van der Waals surface area contributed by atoms with Crippen LogP contribution in [0.1, 0.15) is 16.7 Å². The first-order chi connectivity index (χ1) is 9.28. The van der Waals surface area contributed by atoms with Crippen LogP contribution in [0.25, 0.3) is 0 Å².